The summed E-state index contributed by atoms with van der Waals surface area (Å²) in [5.74, 6) is -3.36. The van der Waals surface area contributed by atoms with E-state index < -0.39 is 35.0 Å². The summed E-state index contributed by atoms with van der Waals surface area (Å²) in [7, 11) is 0. The second-order valence-electron chi connectivity index (χ2n) is 10.1. The van der Waals surface area contributed by atoms with E-state index in [-0.39, 0.29) is 24.3 Å². The highest BCUT2D eigenvalue weighted by Gasteiger charge is 2.80. The van der Waals surface area contributed by atoms with Gasteiger partial charge in [-0.25, -0.2) is 0 Å². The molecular weight excluding hydrogens is 424 g/mol. The molecule has 0 aromatic heterocycles. The molecule has 3 rings (SSSR count). The van der Waals surface area contributed by atoms with E-state index in [0.29, 0.717) is 38.9 Å². The summed E-state index contributed by atoms with van der Waals surface area (Å²) >= 11 is 0. The van der Waals surface area contributed by atoms with E-state index in [4.69, 9.17) is 9.84 Å². The Hall–Kier alpha value is -1.93. The summed E-state index contributed by atoms with van der Waals surface area (Å²) < 4.78 is 6.52. The first-order valence-corrected chi connectivity index (χ1v) is 12.4. The summed E-state index contributed by atoms with van der Waals surface area (Å²) in [6, 6.07) is -0.821. The summed E-state index contributed by atoms with van der Waals surface area (Å²) in [6.07, 6.45) is 7.02. The van der Waals surface area contributed by atoms with E-state index >= 15 is 0 Å². The van der Waals surface area contributed by atoms with Crippen LogP contribution < -0.4 is 0 Å². The van der Waals surface area contributed by atoms with Crippen LogP contribution in [0.1, 0.15) is 65.7 Å². The van der Waals surface area contributed by atoms with Gasteiger partial charge in [0.25, 0.3) is 0 Å². The van der Waals surface area contributed by atoms with Crippen LogP contribution in [-0.4, -0.2) is 81.3 Å². The average molecular weight is 465 g/mol. The molecule has 0 saturated carbocycles. The topological polar surface area (TPSA) is 107 Å². The molecule has 3 unspecified atom stereocenters. The fourth-order valence-electron chi connectivity index (χ4n) is 6.35. The molecule has 0 aromatic carbocycles. The Kier molecular flexibility index (Phi) is 7.89. The predicted molar refractivity (Wildman–Crippen MR) is 123 cm³/mol. The number of nitrogens with zero attached hydrogens (tertiary/aromatic N) is 2. The van der Waals surface area contributed by atoms with Gasteiger partial charge in [0.1, 0.15) is 17.6 Å². The second-order valence-corrected chi connectivity index (χ2v) is 10.1. The first kappa shape index (κ1) is 25.7. The Morgan fingerprint density at radius 1 is 1.27 bits per heavy atom. The summed E-state index contributed by atoms with van der Waals surface area (Å²) in [5, 5.41) is 19.1. The van der Waals surface area contributed by atoms with Crippen LogP contribution in [0, 0.1) is 17.8 Å². The summed E-state index contributed by atoms with van der Waals surface area (Å²) in [5.41, 5.74) is -2.08. The van der Waals surface area contributed by atoms with Crippen LogP contribution >= 0.6 is 0 Å². The summed E-state index contributed by atoms with van der Waals surface area (Å²) in [4.78, 5) is 43.4. The normalized spacial score (nSPS) is 34.5. The lowest BCUT2D eigenvalue weighted by Crippen LogP contribution is -2.56. The predicted octanol–water partition coefficient (Wildman–Crippen LogP) is 2.45. The smallest absolute Gasteiger partial charge is 0.310 e. The molecule has 1 spiro atoms. The number of hydrogen-bond acceptors (Lipinski definition) is 5. The molecule has 3 aliphatic heterocycles. The molecule has 2 bridgehead atoms. The van der Waals surface area contributed by atoms with E-state index in [1.165, 1.54) is 0 Å². The number of carbonyl (C=O) groups excluding carboxylic acids is 2. The Labute approximate surface area is 196 Å². The molecule has 33 heavy (non-hydrogen) atoms. The maximum absolute atomic E-state index is 14.0. The van der Waals surface area contributed by atoms with Crippen molar-refractivity contribution in [3.05, 3.63) is 12.7 Å². The third kappa shape index (κ3) is 4.20. The van der Waals surface area contributed by atoms with Gasteiger partial charge < -0.3 is 24.7 Å². The van der Waals surface area contributed by atoms with Crippen LogP contribution in [0.2, 0.25) is 0 Å². The van der Waals surface area contributed by atoms with Crippen molar-refractivity contribution in [2.24, 2.45) is 17.8 Å². The monoisotopic (exact) mass is 464 g/mol. The SMILES string of the molecule is C=CCN(CCCC)C(=O)C1N(CCCCCCO)C(=O)[C@@H]2[C@H](C(=O)O)[C@@]3(C)OC12CC3C. The summed E-state index contributed by atoms with van der Waals surface area (Å²) in [6.45, 7) is 11.1. The van der Waals surface area contributed by atoms with Crippen molar-refractivity contribution in [1.29, 1.82) is 0 Å². The maximum atomic E-state index is 14.0. The fourth-order valence-corrected chi connectivity index (χ4v) is 6.35. The number of aliphatic hydroxyl groups excluding tert-OH is 1. The van der Waals surface area contributed by atoms with Gasteiger partial charge in [-0.1, -0.05) is 39.2 Å². The molecular formula is C25H40N2O6. The number of aliphatic hydroxyl groups is 1. The number of rotatable bonds is 13. The molecule has 8 heteroatoms. The molecule has 3 heterocycles. The van der Waals surface area contributed by atoms with Gasteiger partial charge in [-0.3, -0.25) is 14.4 Å². The Morgan fingerprint density at radius 3 is 2.58 bits per heavy atom. The fraction of sp³-hybridized carbons (Fsp3) is 0.800. The van der Waals surface area contributed by atoms with Crippen molar-refractivity contribution in [1.82, 2.24) is 9.80 Å². The van der Waals surface area contributed by atoms with Gasteiger partial charge in [-0.15, -0.1) is 6.58 Å². The molecule has 0 aliphatic carbocycles. The highest BCUT2D eigenvalue weighted by Crippen LogP contribution is 2.65. The Morgan fingerprint density at radius 2 is 1.97 bits per heavy atom. The zero-order chi connectivity index (χ0) is 24.4. The quantitative estimate of drug-likeness (QED) is 0.320. The van der Waals surface area contributed by atoms with Crippen LogP contribution in [0.4, 0.5) is 0 Å². The number of hydrogen-bond donors (Lipinski definition) is 2. The number of likely N-dealkylation sites (tertiary alicyclic amines) is 1. The number of ether oxygens (including phenoxy) is 1. The number of unbranched alkanes of at least 4 members (excludes halogenated alkanes) is 4. The van der Waals surface area contributed by atoms with Crippen LogP contribution in [-0.2, 0) is 19.1 Å². The number of carboxylic acids is 1. The van der Waals surface area contributed by atoms with E-state index in [1.807, 2.05) is 6.92 Å². The first-order chi connectivity index (χ1) is 15.7. The van der Waals surface area contributed by atoms with E-state index in [9.17, 15) is 19.5 Å². The molecule has 2 N–H and O–H groups in total. The van der Waals surface area contributed by atoms with Crippen molar-refractivity contribution in [3.63, 3.8) is 0 Å². The van der Waals surface area contributed by atoms with Gasteiger partial charge in [-0.2, -0.15) is 0 Å². The van der Waals surface area contributed by atoms with Crippen LogP contribution in [0.25, 0.3) is 0 Å². The van der Waals surface area contributed by atoms with Gasteiger partial charge in [-0.05, 0) is 38.5 Å². The van der Waals surface area contributed by atoms with E-state index in [0.717, 1.165) is 25.7 Å². The zero-order valence-electron chi connectivity index (χ0n) is 20.3. The lowest BCUT2D eigenvalue weighted by Gasteiger charge is -2.37. The lowest BCUT2D eigenvalue weighted by atomic mass is 9.62. The van der Waals surface area contributed by atoms with E-state index in [1.54, 1.807) is 22.8 Å². The minimum absolute atomic E-state index is 0.0778. The lowest BCUT2D eigenvalue weighted by molar-refractivity contribution is -0.157. The highest BCUT2D eigenvalue weighted by atomic mass is 16.5. The van der Waals surface area contributed by atoms with Gasteiger partial charge in [0.2, 0.25) is 11.8 Å². The molecule has 0 radical (unpaired) electrons. The van der Waals surface area contributed by atoms with Crippen LogP contribution in [0.3, 0.4) is 0 Å². The van der Waals surface area contributed by atoms with Gasteiger partial charge in [0, 0.05) is 26.2 Å². The number of amides is 2. The molecule has 0 aromatic rings. The highest BCUT2D eigenvalue weighted by molar-refractivity contribution is 5.98. The number of carboxylic acid groups (broad SMARTS) is 1. The molecule has 6 atom stereocenters. The van der Waals surface area contributed by atoms with Crippen molar-refractivity contribution < 1.29 is 29.3 Å². The molecule has 2 amide bonds. The number of fused-ring (bicyclic) bond motifs is 1. The van der Waals surface area contributed by atoms with Crippen molar-refractivity contribution in [2.45, 2.75) is 83.0 Å². The molecule has 3 saturated heterocycles. The molecule has 8 nitrogen and oxygen atoms in total. The van der Waals surface area contributed by atoms with Crippen molar-refractivity contribution >= 4 is 17.8 Å². The largest absolute Gasteiger partial charge is 0.481 e. The Bertz CT molecular complexity index is 772. The van der Waals surface area contributed by atoms with Gasteiger partial charge in [0.15, 0.2) is 0 Å². The third-order valence-corrected chi connectivity index (χ3v) is 8.06. The third-order valence-electron chi connectivity index (χ3n) is 8.06. The number of carbonyl (C=O) groups is 3. The number of aliphatic carboxylic acids is 1. The second kappa shape index (κ2) is 10.1. The van der Waals surface area contributed by atoms with Crippen LogP contribution in [0.15, 0.2) is 12.7 Å². The first-order valence-electron chi connectivity index (χ1n) is 12.4. The standard InChI is InChI=1S/C25H40N2O6/c1-5-7-13-26(12-6-2)22(30)20-25-16-17(3)24(4,33-25)19(23(31)32)18(25)21(29)27(20)14-10-8-9-11-15-28/h6,17-20,28H,2,5,7-16H2,1,3-4H3,(H,31,32)/t17?,18-,19+,20?,24-,25?/m0/s1. The van der Waals surface area contributed by atoms with Crippen molar-refractivity contribution in [2.75, 3.05) is 26.2 Å². The molecule has 186 valence electrons. The maximum Gasteiger partial charge on any atom is 0.310 e. The van der Waals surface area contributed by atoms with E-state index in [2.05, 4.69) is 13.5 Å². The van der Waals surface area contributed by atoms with Crippen molar-refractivity contribution in [3.8, 4) is 0 Å². The van der Waals surface area contributed by atoms with Crippen LogP contribution in [0.5, 0.6) is 0 Å². The molecule has 3 fully saturated rings. The van der Waals surface area contributed by atoms with Gasteiger partial charge in [0.05, 0.1) is 11.5 Å². The van der Waals surface area contributed by atoms with Gasteiger partial charge >= 0.3 is 5.97 Å². The molecule has 3 aliphatic rings. The minimum atomic E-state index is -1.11. The zero-order valence-corrected chi connectivity index (χ0v) is 20.3. The Balaban J connectivity index is 1.97. The minimum Gasteiger partial charge on any atom is -0.481 e. The average Bonchev–Trinajstić information content (AvgIpc) is 3.27.